The highest BCUT2D eigenvalue weighted by Gasteiger charge is 2.30. The molecule has 1 aliphatic carbocycles. The van der Waals surface area contributed by atoms with Gasteiger partial charge in [-0.1, -0.05) is 44.9 Å². The van der Waals surface area contributed by atoms with Crippen LogP contribution in [0.1, 0.15) is 63.1 Å². The van der Waals surface area contributed by atoms with Gasteiger partial charge in [0.2, 0.25) is 11.7 Å². The molecule has 0 spiro atoms. The predicted octanol–water partition coefficient (Wildman–Crippen LogP) is 2.45. The largest absolute Gasteiger partial charge is 0.408 e. The first kappa shape index (κ1) is 19.9. The monoisotopic (exact) mass is 369 g/mol. The van der Waals surface area contributed by atoms with E-state index in [9.17, 15) is 9.59 Å². The second-order valence-corrected chi connectivity index (χ2v) is 7.88. The normalized spacial score (nSPS) is 16.8. The third-order valence-electron chi connectivity index (χ3n) is 4.25. The molecule has 0 aliphatic heterocycles. The second-order valence-electron chi connectivity index (χ2n) is 6.84. The SMILES string of the molecule is CC(C)C[C@H](NC(=O)C1CCCCC1)C(=O)c1nnc(SCCO)o1. The Hall–Kier alpha value is -1.41. The zero-order valence-electron chi connectivity index (χ0n) is 14.9. The number of amides is 1. The zero-order valence-corrected chi connectivity index (χ0v) is 15.7. The lowest BCUT2D eigenvalue weighted by Crippen LogP contribution is -2.45. The molecule has 2 rings (SSSR count). The smallest absolute Gasteiger partial charge is 0.286 e. The van der Waals surface area contributed by atoms with E-state index in [1.807, 2.05) is 13.8 Å². The number of carbonyl (C=O) groups excluding carboxylic acids is 2. The zero-order chi connectivity index (χ0) is 18.2. The molecule has 25 heavy (non-hydrogen) atoms. The number of ketones is 1. The summed E-state index contributed by atoms with van der Waals surface area (Å²) in [5.41, 5.74) is 0. The molecule has 1 aromatic heterocycles. The number of thioether (sulfide) groups is 1. The standard InChI is InChI=1S/C17H27N3O4S/c1-11(2)10-13(18-15(23)12-6-4-3-5-7-12)14(22)16-19-20-17(24-16)25-9-8-21/h11-13,21H,3-10H2,1-2H3,(H,18,23)/t13-/m0/s1. The Kier molecular flexibility index (Phi) is 7.90. The van der Waals surface area contributed by atoms with Gasteiger partial charge >= 0.3 is 0 Å². The Labute approximate surface area is 152 Å². The van der Waals surface area contributed by atoms with Crippen LogP contribution in [0.2, 0.25) is 0 Å². The quantitative estimate of drug-likeness (QED) is 0.509. The first-order valence-corrected chi connectivity index (χ1v) is 9.91. The van der Waals surface area contributed by atoms with Crippen LogP contribution >= 0.6 is 11.8 Å². The highest BCUT2D eigenvalue weighted by atomic mass is 32.2. The van der Waals surface area contributed by atoms with Crippen molar-refractivity contribution < 1.29 is 19.1 Å². The molecule has 1 heterocycles. The van der Waals surface area contributed by atoms with Crippen LogP contribution < -0.4 is 5.32 Å². The highest BCUT2D eigenvalue weighted by molar-refractivity contribution is 7.99. The van der Waals surface area contributed by atoms with Gasteiger partial charge < -0.3 is 14.8 Å². The summed E-state index contributed by atoms with van der Waals surface area (Å²) in [6.45, 7) is 4.00. The molecule has 1 fully saturated rings. The van der Waals surface area contributed by atoms with Crippen LogP contribution in [0.15, 0.2) is 9.64 Å². The van der Waals surface area contributed by atoms with E-state index in [1.54, 1.807) is 0 Å². The van der Waals surface area contributed by atoms with Crippen LogP contribution in [0.3, 0.4) is 0 Å². The predicted molar refractivity (Wildman–Crippen MR) is 94.4 cm³/mol. The average Bonchev–Trinajstić information content (AvgIpc) is 3.08. The van der Waals surface area contributed by atoms with Crippen molar-refractivity contribution in [3.05, 3.63) is 5.89 Å². The molecule has 7 nitrogen and oxygen atoms in total. The maximum absolute atomic E-state index is 12.7. The molecular formula is C17H27N3O4S. The molecule has 0 radical (unpaired) electrons. The van der Waals surface area contributed by atoms with Crippen molar-refractivity contribution in [2.24, 2.45) is 11.8 Å². The van der Waals surface area contributed by atoms with E-state index in [0.29, 0.717) is 12.2 Å². The van der Waals surface area contributed by atoms with Crippen molar-refractivity contribution in [3.63, 3.8) is 0 Å². The van der Waals surface area contributed by atoms with Gasteiger partial charge in [0.15, 0.2) is 0 Å². The Morgan fingerprint density at radius 1 is 1.28 bits per heavy atom. The van der Waals surface area contributed by atoms with Gasteiger partial charge in [0.05, 0.1) is 12.6 Å². The van der Waals surface area contributed by atoms with Crippen LogP contribution in [-0.4, -0.2) is 45.4 Å². The van der Waals surface area contributed by atoms with Gasteiger partial charge in [-0.3, -0.25) is 9.59 Å². The van der Waals surface area contributed by atoms with Gasteiger partial charge in [-0.2, -0.15) is 0 Å². The fraction of sp³-hybridized carbons (Fsp3) is 0.765. The molecular weight excluding hydrogens is 342 g/mol. The van der Waals surface area contributed by atoms with E-state index < -0.39 is 6.04 Å². The number of aliphatic hydroxyl groups is 1. The molecule has 1 saturated carbocycles. The second kappa shape index (κ2) is 9.91. The molecule has 140 valence electrons. The Morgan fingerprint density at radius 2 is 2.00 bits per heavy atom. The van der Waals surface area contributed by atoms with Crippen LogP contribution in [0, 0.1) is 11.8 Å². The van der Waals surface area contributed by atoms with Crippen LogP contribution in [-0.2, 0) is 4.79 Å². The lowest BCUT2D eigenvalue weighted by Gasteiger charge is -2.24. The topological polar surface area (TPSA) is 105 Å². The number of hydrogen-bond acceptors (Lipinski definition) is 7. The minimum atomic E-state index is -0.648. The average molecular weight is 369 g/mol. The summed E-state index contributed by atoms with van der Waals surface area (Å²) < 4.78 is 5.37. The first-order valence-electron chi connectivity index (χ1n) is 8.93. The number of aromatic nitrogens is 2. The summed E-state index contributed by atoms with van der Waals surface area (Å²) in [4.78, 5) is 25.2. The van der Waals surface area contributed by atoms with Gasteiger partial charge in [0.1, 0.15) is 0 Å². The minimum Gasteiger partial charge on any atom is -0.408 e. The van der Waals surface area contributed by atoms with Crippen molar-refractivity contribution in [3.8, 4) is 0 Å². The lowest BCUT2D eigenvalue weighted by molar-refractivity contribution is -0.126. The number of nitrogens with one attached hydrogen (secondary N) is 1. The molecule has 0 saturated heterocycles. The summed E-state index contributed by atoms with van der Waals surface area (Å²) in [6.07, 6.45) is 5.60. The maximum Gasteiger partial charge on any atom is 0.286 e. The van der Waals surface area contributed by atoms with Crippen molar-refractivity contribution in [1.29, 1.82) is 0 Å². The van der Waals surface area contributed by atoms with Crippen LogP contribution in [0.5, 0.6) is 0 Å². The number of carbonyl (C=O) groups is 2. The van der Waals surface area contributed by atoms with E-state index in [0.717, 1.165) is 25.7 Å². The third-order valence-corrected chi connectivity index (χ3v) is 5.05. The van der Waals surface area contributed by atoms with Gasteiger partial charge in [-0.15, -0.1) is 10.2 Å². The number of aliphatic hydroxyl groups excluding tert-OH is 1. The number of hydrogen-bond donors (Lipinski definition) is 2. The number of rotatable bonds is 9. The van der Waals surface area contributed by atoms with Gasteiger partial charge in [-0.25, -0.2) is 0 Å². The minimum absolute atomic E-state index is 0.00503. The van der Waals surface area contributed by atoms with E-state index in [1.165, 1.54) is 18.2 Å². The van der Waals surface area contributed by atoms with Crippen molar-refractivity contribution >= 4 is 23.5 Å². The Balaban J connectivity index is 2.03. The summed E-state index contributed by atoms with van der Waals surface area (Å²) in [5.74, 6) is 0.176. The van der Waals surface area contributed by atoms with E-state index >= 15 is 0 Å². The number of Topliss-reactive ketones (excluding diaryl/α,β-unsaturated/α-hetero) is 1. The molecule has 8 heteroatoms. The van der Waals surface area contributed by atoms with Crippen molar-refractivity contribution in [1.82, 2.24) is 15.5 Å². The summed E-state index contributed by atoms with van der Waals surface area (Å²) in [5, 5.41) is 19.6. The summed E-state index contributed by atoms with van der Waals surface area (Å²) in [7, 11) is 0. The molecule has 2 N–H and O–H groups in total. The van der Waals surface area contributed by atoms with Crippen LogP contribution in [0.25, 0.3) is 0 Å². The Bertz CT molecular complexity index is 570. The van der Waals surface area contributed by atoms with Gasteiger partial charge in [-0.05, 0) is 25.2 Å². The highest BCUT2D eigenvalue weighted by Crippen LogP contribution is 2.24. The fourth-order valence-corrected chi connectivity index (χ4v) is 3.51. The lowest BCUT2D eigenvalue weighted by atomic mass is 9.88. The fourth-order valence-electron chi connectivity index (χ4n) is 3.01. The van der Waals surface area contributed by atoms with Crippen molar-refractivity contribution in [2.45, 2.75) is 63.6 Å². The Morgan fingerprint density at radius 3 is 2.64 bits per heavy atom. The first-order chi connectivity index (χ1) is 12.0. The van der Waals surface area contributed by atoms with E-state index in [4.69, 9.17) is 9.52 Å². The summed E-state index contributed by atoms with van der Waals surface area (Å²) >= 11 is 1.19. The molecule has 1 atom stereocenters. The molecule has 1 aliphatic rings. The molecule has 1 aromatic rings. The van der Waals surface area contributed by atoms with E-state index in [-0.39, 0.29) is 41.2 Å². The molecule has 1 amide bonds. The van der Waals surface area contributed by atoms with Gasteiger partial charge in [0.25, 0.3) is 11.1 Å². The number of nitrogens with zero attached hydrogens (tertiary/aromatic N) is 2. The molecule has 0 unspecified atom stereocenters. The maximum atomic E-state index is 12.7. The molecule has 0 aromatic carbocycles. The van der Waals surface area contributed by atoms with Gasteiger partial charge in [0, 0.05) is 11.7 Å². The van der Waals surface area contributed by atoms with Crippen molar-refractivity contribution in [2.75, 3.05) is 12.4 Å². The molecule has 0 bridgehead atoms. The van der Waals surface area contributed by atoms with E-state index in [2.05, 4.69) is 15.5 Å². The third kappa shape index (κ3) is 6.11. The summed E-state index contributed by atoms with van der Waals surface area (Å²) in [6, 6.07) is -0.648. The van der Waals surface area contributed by atoms with Crippen LogP contribution in [0.4, 0.5) is 0 Å².